The second kappa shape index (κ2) is 12.2. The Balaban J connectivity index is 0.00000294. The summed E-state index contributed by atoms with van der Waals surface area (Å²) in [5.74, 6) is 0.927. The quantitative estimate of drug-likeness (QED) is 0.298. The molecule has 0 fully saturated rings. The van der Waals surface area contributed by atoms with E-state index >= 15 is 0 Å². The first-order chi connectivity index (χ1) is 18.2. The minimum atomic E-state index is -0.104. The van der Waals surface area contributed by atoms with Crippen LogP contribution in [-0.4, -0.2) is 19.9 Å². The number of benzene rings is 4. The Morgan fingerprint density at radius 3 is 1.66 bits per heavy atom. The van der Waals surface area contributed by atoms with Crippen molar-refractivity contribution in [3.05, 3.63) is 128 Å². The summed E-state index contributed by atoms with van der Waals surface area (Å²) in [6.07, 6.45) is 1.68. The van der Waals surface area contributed by atoms with Gasteiger partial charge in [0.15, 0.2) is 11.6 Å². The van der Waals surface area contributed by atoms with E-state index < -0.39 is 0 Å². The minimum absolute atomic E-state index is 0. The van der Waals surface area contributed by atoms with Crippen molar-refractivity contribution in [2.45, 2.75) is 0 Å². The molecule has 0 aliphatic rings. The summed E-state index contributed by atoms with van der Waals surface area (Å²) in [6, 6.07) is 38.8. The smallest absolute Gasteiger partial charge is 0.872 e. The Labute approximate surface area is 280 Å². The Morgan fingerprint density at radius 1 is 0.447 bits per heavy atom. The third-order valence-corrected chi connectivity index (χ3v) is 6.07. The molecule has 0 bridgehead atoms. The monoisotopic (exact) mass is 610 g/mol. The van der Waals surface area contributed by atoms with Gasteiger partial charge in [-0.05, 0) is 18.2 Å². The van der Waals surface area contributed by atoms with E-state index in [1.165, 1.54) is 6.07 Å². The fourth-order valence-electron chi connectivity index (χ4n) is 4.21. The fourth-order valence-corrected chi connectivity index (χ4v) is 4.21. The van der Waals surface area contributed by atoms with E-state index in [0.29, 0.717) is 17.2 Å². The van der Waals surface area contributed by atoms with Crippen LogP contribution in [0.3, 0.4) is 0 Å². The molecule has 0 N–H and O–H groups in total. The van der Waals surface area contributed by atoms with Crippen LogP contribution >= 0.6 is 0 Å². The molecule has 4 aromatic carbocycles. The van der Waals surface area contributed by atoms with E-state index in [1.54, 1.807) is 18.3 Å². The van der Waals surface area contributed by atoms with Gasteiger partial charge < -0.3 is 5.11 Å². The molecule has 6 rings (SSSR count). The summed E-state index contributed by atoms with van der Waals surface area (Å²) >= 11 is 0. The predicted octanol–water partition coefficient (Wildman–Crippen LogP) is 3.68. The van der Waals surface area contributed by atoms with Gasteiger partial charge in [0.2, 0.25) is 0 Å². The van der Waals surface area contributed by atoms with Crippen molar-refractivity contribution < 1.29 is 74.0 Å². The SMILES string of the molecule is [Cs+].[O-]c1ccccc1-c1nccc(-c2cccc(-c3nc(-c4ccccc4)cc(-c4ccccc4)n3)c2)n1. The van der Waals surface area contributed by atoms with Gasteiger partial charge in [-0.3, -0.25) is 0 Å². The number of hydrogen-bond acceptors (Lipinski definition) is 5. The summed E-state index contributed by atoms with van der Waals surface area (Å²) < 4.78 is 0. The van der Waals surface area contributed by atoms with E-state index in [0.717, 1.165) is 39.3 Å². The molecule has 6 heteroatoms. The van der Waals surface area contributed by atoms with Crippen molar-refractivity contribution in [2.75, 3.05) is 0 Å². The second-order valence-electron chi connectivity index (χ2n) is 8.54. The molecule has 0 aliphatic heterocycles. The number of hydrogen-bond donors (Lipinski definition) is 0. The van der Waals surface area contributed by atoms with E-state index in [1.807, 2.05) is 103 Å². The van der Waals surface area contributed by atoms with Gasteiger partial charge in [-0.2, -0.15) is 0 Å². The largest absolute Gasteiger partial charge is 1.00 e. The number of aromatic nitrogens is 4. The Kier molecular flexibility index (Phi) is 8.49. The summed E-state index contributed by atoms with van der Waals surface area (Å²) in [7, 11) is 0. The van der Waals surface area contributed by atoms with Crippen molar-refractivity contribution in [1.29, 1.82) is 0 Å². The van der Waals surface area contributed by atoms with Crippen molar-refractivity contribution in [1.82, 2.24) is 19.9 Å². The molecule has 0 unspecified atom stereocenters. The van der Waals surface area contributed by atoms with Crippen molar-refractivity contribution in [3.8, 4) is 62.3 Å². The molecule has 2 heterocycles. The third kappa shape index (κ3) is 5.81. The molecule has 2 aromatic heterocycles. The number of nitrogens with zero attached hydrogens (tertiary/aromatic N) is 4. The summed E-state index contributed by atoms with van der Waals surface area (Å²) in [5.41, 5.74) is 6.71. The van der Waals surface area contributed by atoms with E-state index in [2.05, 4.69) is 9.97 Å². The average molecular weight is 610 g/mol. The molecule has 5 nitrogen and oxygen atoms in total. The number of rotatable bonds is 5. The average Bonchev–Trinajstić information content (AvgIpc) is 2.98. The Hall–Kier alpha value is -3.11. The second-order valence-corrected chi connectivity index (χ2v) is 8.54. The Bertz CT molecular complexity index is 1630. The summed E-state index contributed by atoms with van der Waals surface area (Å²) in [6.45, 7) is 0. The molecule has 0 atom stereocenters. The molecule has 0 aliphatic carbocycles. The van der Waals surface area contributed by atoms with Gasteiger partial charge in [-0.1, -0.05) is 109 Å². The molecule has 6 aromatic rings. The fraction of sp³-hybridized carbons (Fsp3) is 0. The van der Waals surface area contributed by atoms with Crippen LogP contribution in [0.2, 0.25) is 0 Å². The summed E-state index contributed by atoms with van der Waals surface area (Å²) in [4.78, 5) is 18.9. The van der Waals surface area contributed by atoms with Gasteiger partial charge in [0.1, 0.15) is 0 Å². The van der Waals surface area contributed by atoms with Crippen LogP contribution in [0.4, 0.5) is 0 Å². The van der Waals surface area contributed by atoms with Crippen LogP contribution < -0.4 is 74.0 Å². The maximum atomic E-state index is 12.3. The standard InChI is InChI=1S/C32H22N4O.Cs/c37-30-17-8-7-16-26(30)32-33-19-18-27(34-32)24-14-9-15-25(20-24)31-35-28(22-10-3-1-4-11-22)21-29(36-31)23-12-5-2-6-13-23;/h1-21,37H;/q;+1/p-1. The van der Waals surface area contributed by atoms with E-state index in [4.69, 9.17) is 9.97 Å². The van der Waals surface area contributed by atoms with Gasteiger partial charge in [0.05, 0.1) is 17.1 Å². The van der Waals surface area contributed by atoms with E-state index in [9.17, 15) is 5.11 Å². The maximum absolute atomic E-state index is 12.3. The van der Waals surface area contributed by atoms with Gasteiger partial charge in [0.25, 0.3) is 0 Å². The van der Waals surface area contributed by atoms with Crippen LogP contribution in [0.25, 0.3) is 56.5 Å². The van der Waals surface area contributed by atoms with Crippen LogP contribution in [0.5, 0.6) is 5.75 Å². The van der Waals surface area contributed by atoms with Crippen molar-refractivity contribution in [3.63, 3.8) is 0 Å². The van der Waals surface area contributed by atoms with Crippen LogP contribution in [0.15, 0.2) is 128 Å². The molecular formula is C32H21CsN4O. The summed E-state index contributed by atoms with van der Waals surface area (Å²) in [5, 5.41) is 12.3. The third-order valence-electron chi connectivity index (χ3n) is 6.07. The number of para-hydroxylation sites is 1. The first kappa shape index (κ1) is 26.5. The van der Waals surface area contributed by atoms with Gasteiger partial charge in [-0.25, -0.2) is 19.9 Å². The molecule has 0 saturated carbocycles. The zero-order valence-corrected chi connectivity index (χ0v) is 27.1. The molecule has 38 heavy (non-hydrogen) atoms. The van der Waals surface area contributed by atoms with Crippen molar-refractivity contribution in [2.24, 2.45) is 0 Å². The predicted molar refractivity (Wildman–Crippen MR) is 144 cm³/mol. The molecule has 0 saturated heterocycles. The zero-order chi connectivity index (χ0) is 25.0. The first-order valence-corrected chi connectivity index (χ1v) is 11.9. The molecule has 176 valence electrons. The molecule has 0 amide bonds. The normalized spacial score (nSPS) is 10.5. The Morgan fingerprint density at radius 2 is 1.00 bits per heavy atom. The van der Waals surface area contributed by atoms with E-state index in [-0.39, 0.29) is 74.6 Å². The topological polar surface area (TPSA) is 74.6 Å². The van der Waals surface area contributed by atoms with Crippen LogP contribution in [-0.2, 0) is 0 Å². The molecular weight excluding hydrogens is 589 g/mol. The zero-order valence-electron chi connectivity index (χ0n) is 20.8. The van der Waals surface area contributed by atoms with Crippen LogP contribution in [0, 0.1) is 0 Å². The van der Waals surface area contributed by atoms with Gasteiger partial charge >= 0.3 is 68.9 Å². The minimum Gasteiger partial charge on any atom is -0.872 e. The van der Waals surface area contributed by atoms with Crippen molar-refractivity contribution >= 4 is 0 Å². The molecule has 0 radical (unpaired) electrons. The van der Waals surface area contributed by atoms with Gasteiger partial charge in [-0.15, -0.1) is 0 Å². The molecule has 0 spiro atoms. The first-order valence-electron chi connectivity index (χ1n) is 11.9. The van der Waals surface area contributed by atoms with Gasteiger partial charge in [0, 0.05) is 34.0 Å². The maximum Gasteiger partial charge on any atom is 1.00 e. The van der Waals surface area contributed by atoms with Crippen LogP contribution in [0.1, 0.15) is 0 Å².